The molecule has 0 radical (unpaired) electrons. The minimum absolute atomic E-state index is 0.121. The van der Waals surface area contributed by atoms with Crippen molar-refractivity contribution >= 4 is 34.2 Å². The van der Waals surface area contributed by atoms with Crippen molar-refractivity contribution < 1.29 is 14.4 Å². The second-order valence-corrected chi connectivity index (χ2v) is 8.47. The Balaban J connectivity index is 1.46. The number of fused-ring (bicyclic) bond motifs is 5. The van der Waals surface area contributed by atoms with E-state index in [4.69, 9.17) is 0 Å². The van der Waals surface area contributed by atoms with Crippen molar-refractivity contribution in [3.8, 4) is 0 Å². The van der Waals surface area contributed by atoms with E-state index < -0.39 is 6.04 Å². The molecular weight excluding hydrogens is 374 g/mol. The van der Waals surface area contributed by atoms with Gasteiger partial charge in [0.1, 0.15) is 6.04 Å². The molecule has 28 heavy (non-hydrogen) atoms. The second kappa shape index (κ2) is 6.67. The topological polar surface area (TPSA) is 79.4 Å². The number of nitrogens with one attached hydrogen (secondary N) is 1. The smallest absolute Gasteiger partial charge is 0.249 e. The second-order valence-electron chi connectivity index (χ2n) is 7.58. The number of nitrogens with zero attached hydrogens (tertiary/aromatic N) is 2. The maximum atomic E-state index is 13.2. The quantitative estimate of drug-likeness (QED) is 0.625. The highest BCUT2D eigenvalue weighted by atomic mass is 32.1. The largest absolute Gasteiger partial charge is 0.300 e. The summed E-state index contributed by atoms with van der Waals surface area (Å²) in [5.74, 6) is -1.17. The maximum absolute atomic E-state index is 13.2. The molecule has 2 fully saturated rings. The molecule has 0 unspecified atom stereocenters. The first-order valence-electron chi connectivity index (χ1n) is 9.43. The normalized spacial score (nSPS) is 28.6. The fraction of sp³-hybridized carbons (Fsp3) is 0.333. The van der Waals surface area contributed by atoms with Crippen molar-refractivity contribution in [1.29, 1.82) is 0 Å². The Morgan fingerprint density at radius 3 is 2.43 bits per heavy atom. The first kappa shape index (κ1) is 17.3. The van der Waals surface area contributed by atoms with Gasteiger partial charge >= 0.3 is 0 Å². The number of amides is 3. The van der Waals surface area contributed by atoms with Crippen LogP contribution in [-0.2, 0) is 20.8 Å². The summed E-state index contributed by atoms with van der Waals surface area (Å²) < 4.78 is 0. The van der Waals surface area contributed by atoms with E-state index >= 15 is 0 Å². The summed E-state index contributed by atoms with van der Waals surface area (Å²) in [6, 6.07) is 8.60. The summed E-state index contributed by atoms with van der Waals surface area (Å²) >= 11 is 1.31. The highest BCUT2D eigenvalue weighted by molar-refractivity contribution is 7.13. The van der Waals surface area contributed by atoms with Crippen LogP contribution in [0.1, 0.15) is 12.0 Å². The highest BCUT2D eigenvalue weighted by Gasteiger charge is 2.61. The Bertz CT molecular complexity index is 927. The minimum atomic E-state index is -0.878. The third-order valence-corrected chi connectivity index (χ3v) is 6.74. The van der Waals surface area contributed by atoms with Crippen LogP contribution in [0.4, 0.5) is 5.13 Å². The number of hydrogen-bond donors (Lipinski definition) is 1. The lowest BCUT2D eigenvalue weighted by molar-refractivity contribution is -0.147. The molecule has 1 saturated carbocycles. The molecule has 2 aromatic rings. The van der Waals surface area contributed by atoms with Gasteiger partial charge in [-0.3, -0.25) is 19.3 Å². The Morgan fingerprint density at radius 1 is 1.14 bits per heavy atom. The van der Waals surface area contributed by atoms with Gasteiger partial charge < -0.3 is 5.32 Å². The molecule has 3 aliphatic rings. The zero-order chi connectivity index (χ0) is 19.3. The fourth-order valence-electron chi connectivity index (χ4n) is 4.85. The van der Waals surface area contributed by atoms with E-state index in [0.717, 1.165) is 12.0 Å². The third-order valence-electron chi connectivity index (χ3n) is 6.05. The van der Waals surface area contributed by atoms with Gasteiger partial charge in [-0.1, -0.05) is 42.5 Å². The van der Waals surface area contributed by atoms with Crippen LogP contribution in [0, 0.1) is 23.7 Å². The molecule has 1 N–H and O–H groups in total. The van der Waals surface area contributed by atoms with Gasteiger partial charge in [0.2, 0.25) is 17.7 Å². The van der Waals surface area contributed by atoms with Crippen molar-refractivity contribution in [2.75, 3.05) is 5.32 Å². The molecule has 1 aromatic carbocycles. The molecule has 3 amide bonds. The van der Waals surface area contributed by atoms with Gasteiger partial charge in [0.15, 0.2) is 5.13 Å². The number of likely N-dealkylation sites (tertiary alicyclic amines) is 1. The van der Waals surface area contributed by atoms with Gasteiger partial charge in [0.05, 0.1) is 11.8 Å². The molecular formula is C21H19N3O3S. The van der Waals surface area contributed by atoms with E-state index in [9.17, 15) is 14.4 Å². The number of aromatic nitrogens is 1. The molecule has 6 nitrogen and oxygen atoms in total. The van der Waals surface area contributed by atoms with Crippen LogP contribution < -0.4 is 5.32 Å². The highest BCUT2D eigenvalue weighted by Crippen LogP contribution is 2.53. The fourth-order valence-corrected chi connectivity index (χ4v) is 5.38. The number of thiazole rings is 1. The van der Waals surface area contributed by atoms with E-state index in [1.54, 1.807) is 11.6 Å². The number of allylic oxidation sites excluding steroid dienone is 2. The average Bonchev–Trinajstić information content (AvgIpc) is 3.47. The van der Waals surface area contributed by atoms with Crippen molar-refractivity contribution in [2.45, 2.75) is 18.9 Å². The number of imide groups is 1. The van der Waals surface area contributed by atoms with Crippen molar-refractivity contribution in [1.82, 2.24) is 9.88 Å². The maximum Gasteiger partial charge on any atom is 0.249 e. The van der Waals surface area contributed by atoms with Crippen LogP contribution >= 0.6 is 11.3 Å². The zero-order valence-electron chi connectivity index (χ0n) is 15.0. The van der Waals surface area contributed by atoms with E-state index in [1.165, 1.54) is 16.2 Å². The van der Waals surface area contributed by atoms with Crippen molar-refractivity contribution in [2.24, 2.45) is 23.7 Å². The third kappa shape index (κ3) is 2.69. The predicted octanol–water partition coefficient (Wildman–Crippen LogP) is 2.50. The number of rotatable bonds is 5. The average molecular weight is 393 g/mol. The van der Waals surface area contributed by atoms with Crippen LogP contribution in [-0.4, -0.2) is 33.6 Å². The predicted molar refractivity (Wildman–Crippen MR) is 104 cm³/mol. The molecule has 7 heteroatoms. The summed E-state index contributed by atoms with van der Waals surface area (Å²) in [6.45, 7) is 0. The van der Waals surface area contributed by atoms with Crippen LogP contribution in [0.5, 0.6) is 0 Å². The first-order valence-corrected chi connectivity index (χ1v) is 10.3. The molecule has 1 aromatic heterocycles. The standard InChI is InChI=1S/C21H19N3O3S/c25-18(23-21-22-8-9-28-21)15(10-12-4-2-1-3-5-12)24-19(26)16-13-6-7-14(11-13)17(16)20(24)27/h1-9,13-17H,10-11H2,(H,22,23,25)/t13-,14-,15+,16-,17+/m0/s1. The van der Waals surface area contributed by atoms with E-state index in [-0.39, 0.29) is 47.8 Å². The van der Waals surface area contributed by atoms with Crippen LogP contribution in [0.3, 0.4) is 0 Å². The molecule has 1 aliphatic heterocycles. The minimum Gasteiger partial charge on any atom is -0.300 e. The monoisotopic (exact) mass is 393 g/mol. The molecule has 5 rings (SSSR count). The number of carbonyl (C=O) groups is 3. The Morgan fingerprint density at radius 2 is 1.82 bits per heavy atom. The van der Waals surface area contributed by atoms with Gasteiger partial charge in [-0.15, -0.1) is 11.3 Å². The van der Waals surface area contributed by atoms with Gasteiger partial charge in [-0.25, -0.2) is 4.98 Å². The summed E-state index contributed by atoms with van der Waals surface area (Å²) in [4.78, 5) is 44.8. The lowest BCUT2D eigenvalue weighted by Crippen LogP contribution is -2.49. The van der Waals surface area contributed by atoms with E-state index in [2.05, 4.69) is 22.5 Å². The molecule has 5 atom stereocenters. The summed E-state index contributed by atoms with van der Waals surface area (Å²) in [6.07, 6.45) is 6.88. The molecule has 2 bridgehead atoms. The summed E-state index contributed by atoms with van der Waals surface area (Å²) in [5, 5.41) is 5.00. The molecule has 2 heterocycles. The SMILES string of the molecule is O=C(Nc1nccs1)[C@@H](Cc1ccccc1)N1C(=O)[C@@H]2[C@H](C1=O)[C@H]1C=C[C@H]2C1. The van der Waals surface area contributed by atoms with Crippen LogP contribution in [0.15, 0.2) is 54.1 Å². The molecule has 142 valence electrons. The van der Waals surface area contributed by atoms with Crippen molar-refractivity contribution in [3.05, 3.63) is 59.6 Å². The Kier molecular flexibility index (Phi) is 4.12. The van der Waals surface area contributed by atoms with Gasteiger partial charge in [-0.2, -0.15) is 0 Å². The summed E-state index contributed by atoms with van der Waals surface area (Å²) in [7, 11) is 0. The Hall–Kier alpha value is -2.80. The van der Waals surface area contributed by atoms with Gasteiger partial charge in [0, 0.05) is 18.0 Å². The summed E-state index contributed by atoms with van der Waals surface area (Å²) in [5.41, 5.74) is 0.903. The lowest BCUT2D eigenvalue weighted by atomic mass is 9.85. The number of anilines is 1. The van der Waals surface area contributed by atoms with Gasteiger partial charge in [0.25, 0.3) is 0 Å². The van der Waals surface area contributed by atoms with E-state index in [0.29, 0.717) is 5.13 Å². The number of benzene rings is 1. The molecule has 0 spiro atoms. The van der Waals surface area contributed by atoms with Crippen LogP contribution in [0.2, 0.25) is 0 Å². The number of carbonyl (C=O) groups excluding carboxylic acids is 3. The van der Waals surface area contributed by atoms with Gasteiger partial charge in [-0.05, 0) is 23.8 Å². The first-order chi connectivity index (χ1) is 13.6. The van der Waals surface area contributed by atoms with Crippen molar-refractivity contribution in [3.63, 3.8) is 0 Å². The number of hydrogen-bond acceptors (Lipinski definition) is 5. The molecule has 2 aliphatic carbocycles. The zero-order valence-corrected chi connectivity index (χ0v) is 15.8. The Labute approximate surface area is 166 Å². The van der Waals surface area contributed by atoms with Crippen LogP contribution in [0.25, 0.3) is 0 Å². The molecule has 1 saturated heterocycles. The lowest BCUT2D eigenvalue weighted by Gasteiger charge is -2.26. The van der Waals surface area contributed by atoms with E-state index in [1.807, 2.05) is 30.3 Å².